The van der Waals surface area contributed by atoms with E-state index in [1.165, 1.54) is 0 Å². The number of amides is 2. The van der Waals surface area contributed by atoms with E-state index in [9.17, 15) is 4.79 Å². The smallest absolute Gasteiger partial charge is 0.317 e. The van der Waals surface area contributed by atoms with Gasteiger partial charge < -0.3 is 19.4 Å². The maximum absolute atomic E-state index is 11.8. The molecule has 0 saturated carbocycles. The van der Waals surface area contributed by atoms with Crippen LogP contribution in [0.15, 0.2) is 23.0 Å². The molecule has 1 aromatic rings. The molecular weight excluding hydrogens is 208 g/mol. The molecule has 16 heavy (non-hydrogen) atoms. The number of hydrogen-bond acceptors (Lipinski definition) is 3. The van der Waals surface area contributed by atoms with E-state index in [0.29, 0.717) is 26.2 Å². The summed E-state index contributed by atoms with van der Waals surface area (Å²) in [5, 5.41) is 2.85. The summed E-state index contributed by atoms with van der Waals surface area (Å²) < 4.78 is 10.3. The molecule has 2 amide bonds. The fourth-order valence-corrected chi connectivity index (χ4v) is 1.69. The first kappa shape index (κ1) is 11.0. The second-order valence-corrected chi connectivity index (χ2v) is 3.92. The maximum Gasteiger partial charge on any atom is 0.317 e. The van der Waals surface area contributed by atoms with Crippen LogP contribution < -0.4 is 5.32 Å². The van der Waals surface area contributed by atoms with Crippen molar-refractivity contribution >= 4 is 6.03 Å². The third-order valence-electron chi connectivity index (χ3n) is 2.55. The molecule has 5 heteroatoms. The van der Waals surface area contributed by atoms with Crippen LogP contribution >= 0.6 is 0 Å². The average Bonchev–Trinajstić information content (AvgIpc) is 2.78. The van der Waals surface area contributed by atoms with Crippen LogP contribution in [0.4, 0.5) is 4.79 Å². The molecule has 1 unspecified atom stereocenters. The first-order chi connectivity index (χ1) is 7.75. The van der Waals surface area contributed by atoms with Crippen LogP contribution in [0.5, 0.6) is 0 Å². The Labute approximate surface area is 94.4 Å². The predicted molar refractivity (Wildman–Crippen MR) is 57.9 cm³/mol. The molecule has 1 N–H and O–H groups in total. The number of carbonyl (C=O) groups excluding carboxylic acids is 1. The van der Waals surface area contributed by atoms with Gasteiger partial charge in [-0.1, -0.05) is 0 Å². The van der Waals surface area contributed by atoms with Gasteiger partial charge in [-0.25, -0.2) is 4.79 Å². The zero-order chi connectivity index (χ0) is 11.4. The van der Waals surface area contributed by atoms with Crippen molar-refractivity contribution in [1.82, 2.24) is 10.2 Å². The Morgan fingerprint density at radius 1 is 1.69 bits per heavy atom. The van der Waals surface area contributed by atoms with Crippen molar-refractivity contribution in [3.8, 4) is 0 Å². The highest BCUT2D eigenvalue weighted by Crippen LogP contribution is 2.05. The van der Waals surface area contributed by atoms with Gasteiger partial charge in [0.05, 0.1) is 25.2 Å². The minimum atomic E-state index is -0.0450. The molecule has 88 valence electrons. The SMILES string of the molecule is CC1CN(C(=O)NCc2ccoc2)CCO1. The molecule has 1 aliphatic rings. The van der Waals surface area contributed by atoms with Gasteiger partial charge in [0, 0.05) is 25.2 Å². The van der Waals surface area contributed by atoms with Crippen LogP contribution in [0.2, 0.25) is 0 Å². The topological polar surface area (TPSA) is 54.7 Å². The van der Waals surface area contributed by atoms with E-state index in [0.717, 1.165) is 5.56 Å². The lowest BCUT2D eigenvalue weighted by molar-refractivity contribution is -0.00351. The summed E-state index contributed by atoms with van der Waals surface area (Å²) in [7, 11) is 0. The molecule has 0 bridgehead atoms. The number of rotatable bonds is 2. The molecule has 5 nitrogen and oxygen atoms in total. The highest BCUT2D eigenvalue weighted by molar-refractivity contribution is 5.74. The van der Waals surface area contributed by atoms with Crippen LogP contribution in [0.1, 0.15) is 12.5 Å². The summed E-state index contributed by atoms with van der Waals surface area (Å²) >= 11 is 0. The minimum Gasteiger partial charge on any atom is -0.472 e. The zero-order valence-electron chi connectivity index (χ0n) is 9.31. The van der Waals surface area contributed by atoms with E-state index < -0.39 is 0 Å². The number of ether oxygens (including phenoxy) is 1. The van der Waals surface area contributed by atoms with Crippen molar-refractivity contribution in [2.75, 3.05) is 19.7 Å². The monoisotopic (exact) mass is 224 g/mol. The Balaban J connectivity index is 1.79. The van der Waals surface area contributed by atoms with Crippen molar-refractivity contribution < 1.29 is 13.9 Å². The molecule has 1 atom stereocenters. The fraction of sp³-hybridized carbons (Fsp3) is 0.545. The van der Waals surface area contributed by atoms with Gasteiger partial charge in [0.25, 0.3) is 0 Å². The third kappa shape index (κ3) is 2.76. The number of urea groups is 1. The van der Waals surface area contributed by atoms with Gasteiger partial charge in [0.2, 0.25) is 0 Å². The van der Waals surface area contributed by atoms with Crippen LogP contribution in [-0.4, -0.2) is 36.7 Å². The molecule has 0 aliphatic carbocycles. The van der Waals surface area contributed by atoms with Gasteiger partial charge in [-0.05, 0) is 13.0 Å². The summed E-state index contributed by atoms with van der Waals surface area (Å²) in [5.74, 6) is 0. The van der Waals surface area contributed by atoms with Gasteiger partial charge in [0.1, 0.15) is 0 Å². The molecule has 0 aromatic carbocycles. The third-order valence-corrected chi connectivity index (χ3v) is 2.55. The predicted octanol–water partition coefficient (Wildman–Crippen LogP) is 1.21. The lowest BCUT2D eigenvalue weighted by atomic mass is 10.3. The lowest BCUT2D eigenvalue weighted by Crippen LogP contribution is -2.48. The van der Waals surface area contributed by atoms with Crippen molar-refractivity contribution in [3.05, 3.63) is 24.2 Å². The zero-order valence-corrected chi connectivity index (χ0v) is 9.31. The molecule has 2 heterocycles. The van der Waals surface area contributed by atoms with Crippen LogP contribution in [0.3, 0.4) is 0 Å². The van der Waals surface area contributed by atoms with Crippen LogP contribution in [0.25, 0.3) is 0 Å². The van der Waals surface area contributed by atoms with Gasteiger partial charge >= 0.3 is 6.03 Å². The van der Waals surface area contributed by atoms with Gasteiger partial charge in [-0.15, -0.1) is 0 Å². The first-order valence-corrected chi connectivity index (χ1v) is 5.41. The highest BCUT2D eigenvalue weighted by Gasteiger charge is 2.20. The normalized spacial score (nSPS) is 20.8. The summed E-state index contributed by atoms with van der Waals surface area (Å²) in [6.45, 7) is 4.38. The Morgan fingerprint density at radius 3 is 3.25 bits per heavy atom. The number of nitrogens with zero attached hydrogens (tertiary/aromatic N) is 1. The maximum atomic E-state index is 11.8. The number of carbonyl (C=O) groups is 1. The van der Waals surface area contributed by atoms with Crippen molar-refractivity contribution in [2.45, 2.75) is 19.6 Å². The Bertz CT molecular complexity index is 337. The Morgan fingerprint density at radius 2 is 2.56 bits per heavy atom. The van der Waals surface area contributed by atoms with E-state index in [-0.39, 0.29) is 12.1 Å². The highest BCUT2D eigenvalue weighted by atomic mass is 16.5. The Hall–Kier alpha value is -1.49. The number of hydrogen-bond donors (Lipinski definition) is 1. The number of morpholine rings is 1. The van der Waals surface area contributed by atoms with Crippen LogP contribution in [0, 0.1) is 0 Å². The van der Waals surface area contributed by atoms with E-state index in [1.54, 1.807) is 17.4 Å². The molecule has 1 aliphatic heterocycles. The lowest BCUT2D eigenvalue weighted by Gasteiger charge is -2.31. The molecule has 1 saturated heterocycles. The summed E-state index contributed by atoms with van der Waals surface area (Å²) in [6.07, 6.45) is 3.34. The minimum absolute atomic E-state index is 0.0450. The fourth-order valence-electron chi connectivity index (χ4n) is 1.69. The average molecular weight is 224 g/mol. The standard InChI is InChI=1S/C11H16N2O3/c1-9-7-13(3-5-16-9)11(14)12-6-10-2-4-15-8-10/h2,4,8-9H,3,5-7H2,1H3,(H,12,14). The van der Waals surface area contributed by atoms with Gasteiger partial charge in [-0.3, -0.25) is 0 Å². The van der Waals surface area contributed by atoms with Crippen molar-refractivity contribution in [3.63, 3.8) is 0 Å². The molecule has 1 aromatic heterocycles. The number of nitrogens with one attached hydrogen (secondary N) is 1. The summed E-state index contributed by atoms with van der Waals surface area (Å²) in [6, 6.07) is 1.79. The van der Waals surface area contributed by atoms with Crippen LogP contribution in [-0.2, 0) is 11.3 Å². The molecule has 0 radical (unpaired) electrons. The van der Waals surface area contributed by atoms with E-state index in [2.05, 4.69) is 5.32 Å². The molecule has 0 spiro atoms. The molecule has 1 fully saturated rings. The summed E-state index contributed by atoms with van der Waals surface area (Å²) in [5.41, 5.74) is 0.967. The van der Waals surface area contributed by atoms with Gasteiger partial charge in [0.15, 0.2) is 0 Å². The second-order valence-electron chi connectivity index (χ2n) is 3.92. The van der Waals surface area contributed by atoms with Crippen molar-refractivity contribution in [1.29, 1.82) is 0 Å². The Kier molecular flexibility index (Phi) is 3.46. The van der Waals surface area contributed by atoms with E-state index >= 15 is 0 Å². The second kappa shape index (κ2) is 5.03. The summed E-state index contributed by atoms with van der Waals surface area (Å²) in [4.78, 5) is 13.5. The van der Waals surface area contributed by atoms with E-state index in [4.69, 9.17) is 9.15 Å². The molecule has 2 rings (SSSR count). The van der Waals surface area contributed by atoms with Crippen molar-refractivity contribution in [2.24, 2.45) is 0 Å². The first-order valence-electron chi connectivity index (χ1n) is 5.41. The van der Waals surface area contributed by atoms with Gasteiger partial charge in [-0.2, -0.15) is 0 Å². The quantitative estimate of drug-likeness (QED) is 0.821. The number of furan rings is 1. The van der Waals surface area contributed by atoms with E-state index in [1.807, 2.05) is 13.0 Å². The largest absolute Gasteiger partial charge is 0.472 e. The molecular formula is C11H16N2O3.